The number of aliphatic hydroxyl groups excluding tert-OH is 1. The van der Waals surface area contributed by atoms with Crippen LogP contribution in [-0.2, 0) is 13.0 Å². The normalized spacial score (nSPS) is 11.2. The summed E-state index contributed by atoms with van der Waals surface area (Å²) in [7, 11) is 0. The fraction of sp³-hybridized carbons (Fsp3) is 0.438. The lowest BCUT2D eigenvalue weighted by Gasteiger charge is -2.08. The van der Waals surface area contributed by atoms with E-state index in [1.165, 1.54) is 0 Å². The summed E-state index contributed by atoms with van der Waals surface area (Å²) in [5.74, 6) is -0.939. The number of hydrogen-bond acceptors (Lipinski definition) is 3. The van der Waals surface area contributed by atoms with E-state index in [4.69, 9.17) is 5.73 Å². The van der Waals surface area contributed by atoms with Crippen LogP contribution in [0.4, 0.5) is 0 Å². The molecule has 1 aromatic carbocycles. The van der Waals surface area contributed by atoms with E-state index in [1.807, 2.05) is 24.5 Å². The van der Waals surface area contributed by atoms with Crippen molar-refractivity contribution in [2.24, 2.45) is 5.73 Å². The molecule has 1 aromatic heterocycles. The van der Waals surface area contributed by atoms with E-state index in [2.05, 4.69) is 0 Å². The highest BCUT2D eigenvalue weighted by atomic mass is 16.4. The Hall–Kier alpha value is -1.85. The zero-order valence-electron chi connectivity index (χ0n) is 12.5. The van der Waals surface area contributed by atoms with Gasteiger partial charge in [-0.1, -0.05) is 0 Å². The second-order valence-electron chi connectivity index (χ2n) is 5.35. The van der Waals surface area contributed by atoms with E-state index in [0.717, 1.165) is 35.0 Å². The summed E-state index contributed by atoms with van der Waals surface area (Å²) < 4.78 is 1.91. The van der Waals surface area contributed by atoms with Gasteiger partial charge in [0.25, 0.3) is 0 Å². The number of benzene rings is 1. The highest BCUT2D eigenvalue weighted by Crippen LogP contribution is 2.31. The van der Waals surface area contributed by atoms with Gasteiger partial charge >= 0.3 is 5.97 Å². The Balaban J connectivity index is 2.79. The van der Waals surface area contributed by atoms with Crippen LogP contribution in [0.2, 0.25) is 0 Å². The molecule has 0 saturated carbocycles. The maximum atomic E-state index is 11.6. The van der Waals surface area contributed by atoms with E-state index < -0.39 is 5.97 Å². The van der Waals surface area contributed by atoms with Crippen molar-refractivity contribution in [3.05, 3.63) is 34.5 Å². The quantitative estimate of drug-likeness (QED) is 0.757. The van der Waals surface area contributed by atoms with Crippen molar-refractivity contribution in [3.63, 3.8) is 0 Å². The maximum Gasteiger partial charge on any atom is 0.337 e. The number of aromatic carboxylic acids is 1. The molecular weight excluding hydrogens is 268 g/mol. The molecule has 114 valence electrons. The average Bonchev–Trinajstić information content (AvgIpc) is 2.69. The summed E-state index contributed by atoms with van der Waals surface area (Å²) in [5, 5.41) is 19.7. The van der Waals surface area contributed by atoms with Gasteiger partial charge in [-0.2, -0.15) is 0 Å². The average molecular weight is 290 g/mol. The number of rotatable bonds is 6. The molecule has 0 radical (unpaired) electrons. The van der Waals surface area contributed by atoms with E-state index in [9.17, 15) is 15.0 Å². The zero-order chi connectivity index (χ0) is 15.6. The number of fused-ring (bicyclic) bond motifs is 1. The minimum atomic E-state index is -0.939. The molecule has 0 aliphatic carbocycles. The minimum absolute atomic E-state index is 0.0200. The molecule has 0 spiro atoms. The Labute approximate surface area is 124 Å². The predicted octanol–water partition coefficient (Wildman–Crippen LogP) is 1.84. The Morgan fingerprint density at radius 2 is 2.05 bits per heavy atom. The molecule has 0 aliphatic rings. The number of nitrogens with zero attached hydrogens (tertiary/aromatic N) is 1. The number of hydrogen-bond donors (Lipinski definition) is 3. The first-order valence-corrected chi connectivity index (χ1v) is 7.17. The molecule has 5 nitrogen and oxygen atoms in total. The van der Waals surface area contributed by atoms with Gasteiger partial charge in [-0.05, 0) is 56.5 Å². The van der Waals surface area contributed by atoms with Crippen LogP contribution in [0.1, 0.15) is 33.6 Å². The summed E-state index contributed by atoms with van der Waals surface area (Å²) in [6.07, 6.45) is 1.68. The summed E-state index contributed by atoms with van der Waals surface area (Å²) in [6.45, 7) is 4.85. The Bertz CT molecular complexity index is 674. The van der Waals surface area contributed by atoms with Crippen LogP contribution in [0.3, 0.4) is 0 Å². The zero-order valence-corrected chi connectivity index (χ0v) is 12.5. The molecule has 4 N–H and O–H groups in total. The summed E-state index contributed by atoms with van der Waals surface area (Å²) in [5.41, 5.74) is 9.67. The summed E-state index contributed by atoms with van der Waals surface area (Å²) >= 11 is 0. The number of carboxylic acids is 1. The van der Waals surface area contributed by atoms with Crippen molar-refractivity contribution in [3.8, 4) is 0 Å². The Morgan fingerprint density at radius 1 is 1.33 bits per heavy atom. The third kappa shape index (κ3) is 2.80. The van der Waals surface area contributed by atoms with Gasteiger partial charge in [-0.15, -0.1) is 0 Å². The third-order valence-electron chi connectivity index (χ3n) is 3.88. The van der Waals surface area contributed by atoms with Crippen LogP contribution in [0, 0.1) is 13.8 Å². The number of carboxylic acid groups (broad SMARTS) is 1. The van der Waals surface area contributed by atoms with E-state index in [-0.39, 0.29) is 6.61 Å². The van der Waals surface area contributed by atoms with Crippen LogP contribution in [0.5, 0.6) is 0 Å². The van der Waals surface area contributed by atoms with Crippen molar-refractivity contribution in [2.75, 3.05) is 13.2 Å². The Kier molecular flexibility index (Phi) is 4.65. The first-order valence-electron chi connectivity index (χ1n) is 7.17. The van der Waals surface area contributed by atoms with Gasteiger partial charge in [-0.25, -0.2) is 4.79 Å². The largest absolute Gasteiger partial charge is 0.478 e. The van der Waals surface area contributed by atoms with E-state index in [1.54, 1.807) is 6.07 Å². The molecule has 0 unspecified atom stereocenters. The van der Waals surface area contributed by atoms with Crippen molar-refractivity contribution in [2.45, 2.75) is 33.2 Å². The molecule has 2 rings (SSSR count). The molecule has 2 aromatic rings. The molecule has 0 bridgehead atoms. The highest BCUT2D eigenvalue weighted by Gasteiger charge is 2.20. The van der Waals surface area contributed by atoms with Gasteiger partial charge in [-0.3, -0.25) is 0 Å². The molecule has 0 aliphatic heterocycles. The number of aryl methyl sites for hydroxylation is 2. The van der Waals surface area contributed by atoms with Crippen LogP contribution >= 0.6 is 0 Å². The highest BCUT2D eigenvalue weighted by molar-refractivity contribution is 6.04. The van der Waals surface area contributed by atoms with Crippen LogP contribution in [-0.4, -0.2) is 33.9 Å². The van der Waals surface area contributed by atoms with Crippen LogP contribution < -0.4 is 5.73 Å². The van der Waals surface area contributed by atoms with Gasteiger partial charge in [0.1, 0.15) is 0 Å². The lowest BCUT2D eigenvalue weighted by atomic mass is 10.0. The maximum absolute atomic E-state index is 11.6. The monoisotopic (exact) mass is 290 g/mol. The molecule has 1 heterocycles. The standard InChI is InChI=1S/C16H22N2O3/c1-10-8-13-12(4-3-5-17)11(2)18(6-7-19)15(13)14(9-10)16(20)21/h8-9,19H,3-7,17H2,1-2H3,(H,20,21). The second-order valence-corrected chi connectivity index (χ2v) is 5.35. The van der Waals surface area contributed by atoms with Crippen LogP contribution in [0.25, 0.3) is 10.9 Å². The molecule has 0 amide bonds. The lowest BCUT2D eigenvalue weighted by Crippen LogP contribution is -2.08. The molecule has 5 heteroatoms. The molecule has 0 saturated heterocycles. The third-order valence-corrected chi connectivity index (χ3v) is 3.88. The summed E-state index contributed by atoms with van der Waals surface area (Å²) in [6, 6.07) is 3.71. The summed E-state index contributed by atoms with van der Waals surface area (Å²) in [4.78, 5) is 11.6. The SMILES string of the molecule is Cc1cc(C(=O)O)c2c(c1)c(CCCN)c(C)n2CCO. The van der Waals surface area contributed by atoms with E-state index >= 15 is 0 Å². The first kappa shape index (κ1) is 15.5. The molecule has 0 fully saturated rings. The fourth-order valence-corrected chi connectivity index (χ4v) is 2.96. The van der Waals surface area contributed by atoms with Crippen molar-refractivity contribution >= 4 is 16.9 Å². The van der Waals surface area contributed by atoms with Gasteiger partial charge < -0.3 is 20.5 Å². The topological polar surface area (TPSA) is 88.5 Å². The number of nitrogens with two attached hydrogens (primary N) is 1. The van der Waals surface area contributed by atoms with Gasteiger partial charge in [0, 0.05) is 17.6 Å². The first-order chi connectivity index (χ1) is 10.0. The van der Waals surface area contributed by atoms with Gasteiger partial charge in [0.2, 0.25) is 0 Å². The van der Waals surface area contributed by atoms with Crippen molar-refractivity contribution in [1.29, 1.82) is 0 Å². The van der Waals surface area contributed by atoms with Gasteiger partial charge in [0.15, 0.2) is 0 Å². The number of carbonyl (C=O) groups is 1. The number of aromatic nitrogens is 1. The van der Waals surface area contributed by atoms with Gasteiger partial charge in [0.05, 0.1) is 17.7 Å². The van der Waals surface area contributed by atoms with E-state index in [0.29, 0.717) is 24.2 Å². The molecule has 0 atom stereocenters. The lowest BCUT2D eigenvalue weighted by molar-refractivity contribution is 0.0698. The smallest absolute Gasteiger partial charge is 0.337 e. The van der Waals surface area contributed by atoms with Crippen molar-refractivity contribution < 1.29 is 15.0 Å². The Morgan fingerprint density at radius 3 is 2.62 bits per heavy atom. The number of aliphatic hydroxyl groups is 1. The molecular formula is C16H22N2O3. The fourth-order valence-electron chi connectivity index (χ4n) is 2.96. The molecule has 21 heavy (non-hydrogen) atoms. The van der Waals surface area contributed by atoms with Crippen molar-refractivity contribution in [1.82, 2.24) is 4.57 Å². The van der Waals surface area contributed by atoms with Crippen LogP contribution in [0.15, 0.2) is 12.1 Å². The second kappa shape index (κ2) is 6.28. The minimum Gasteiger partial charge on any atom is -0.478 e. The predicted molar refractivity (Wildman–Crippen MR) is 82.8 cm³/mol.